The number of rotatable bonds is 6. The predicted octanol–water partition coefficient (Wildman–Crippen LogP) is -1.88. The van der Waals surface area contributed by atoms with E-state index < -0.39 is 25.4 Å². The molecule has 1 rings (SSSR count). The molecule has 0 amide bonds. The van der Waals surface area contributed by atoms with Crippen molar-refractivity contribution in [3.8, 4) is 0 Å². The van der Waals surface area contributed by atoms with Crippen molar-refractivity contribution in [3.05, 3.63) is 0 Å². The van der Waals surface area contributed by atoms with Gasteiger partial charge in [-0.15, -0.1) is 0 Å². The lowest BCUT2D eigenvalue weighted by molar-refractivity contribution is -0.135. The second-order valence-corrected chi connectivity index (χ2v) is 2.92. The highest BCUT2D eigenvalue weighted by Gasteiger charge is 2.32. The van der Waals surface area contributed by atoms with Crippen molar-refractivity contribution in [1.82, 2.24) is 0 Å². The molecule has 0 spiro atoms. The molecule has 1 fully saturated rings. The van der Waals surface area contributed by atoms with Crippen molar-refractivity contribution in [2.24, 2.45) is 0 Å². The highest BCUT2D eigenvalue weighted by Crippen LogP contribution is 2.15. The van der Waals surface area contributed by atoms with E-state index in [1.54, 1.807) is 0 Å². The van der Waals surface area contributed by atoms with E-state index in [9.17, 15) is 0 Å². The van der Waals surface area contributed by atoms with Crippen molar-refractivity contribution < 1.29 is 24.8 Å². The predicted molar refractivity (Wildman–Crippen MR) is 39.7 cm³/mol. The quantitative estimate of drug-likeness (QED) is 0.414. The van der Waals surface area contributed by atoms with Gasteiger partial charge in [0, 0.05) is 0 Å². The van der Waals surface area contributed by atoms with Crippen LogP contribution in [0, 0.1) is 0 Å². The maximum Gasteiger partial charge on any atom is 0.137 e. The Labute approximate surface area is 70.5 Å². The Bertz CT molecular complexity index is 121. The summed E-state index contributed by atoms with van der Waals surface area (Å²) in [5.41, 5.74) is -1.22. The van der Waals surface area contributed by atoms with Gasteiger partial charge in [-0.2, -0.15) is 0 Å². The molecule has 12 heavy (non-hydrogen) atoms. The van der Waals surface area contributed by atoms with Crippen molar-refractivity contribution in [2.75, 3.05) is 33.0 Å². The molecule has 0 aromatic heterocycles. The molecule has 0 radical (unpaired) electrons. The van der Waals surface area contributed by atoms with E-state index in [-0.39, 0.29) is 6.10 Å². The van der Waals surface area contributed by atoms with Crippen LogP contribution in [0.1, 0.15) is 0 Å². The normalized spacial score (nSPS) is 22.8. The number of ether oxygens (including phenoxy) is 2. The average molecular weight is 178 g/mol. The summed E-state index contributed by atoms with van der Waals surface area (Å²) < 4.78 is 9.99. The van der Waals surface area contributed by atoms with Gasteiger partial charge in [0.1, 0.15) is 11.7 Å². The molecule has 5 heteroatoms. The summed E-state index contributed by atoms with van der Waals surface area (Å²) in [6.07, 6.45) is 0.0639. The van der Waals surface area contributed by atoms with Crippen molar-refractivity contribution in [1.29, 1.82) is 0 Å². The lowest BCUT2D eigenvalue weighted by Crippen LogP contribution is -2.45. The minimum atomic E-state index is -1.22. The first-order valence-electron chi connectivity index (χ1n) is 3.84. The molecule has 0 aromatic carbocycles. The molecule has 0 aliphatic carbocycles. The number of hydrogen-bond donors (Lipinski definition) is 3. The Morgan fingerprint density at radius 3 is 2.08 bits per heavy atom. The van der Waals surface area contributed by atoms with Gasteiger partial charge in [-0.25, -0.2) is 0 Å². The first-order chi connectivity index (χ1) is 5.76. The molecule has 0 bridgehead atoms. The highest BCUT2D eigenvalue weighted by atomic mass is 16.6. The first kappa shape index (κ1) is 9.88. The van der Waals surface area contributed by atoms with Crippen LogP contribution in [0.2, 0.25) is 0 Å². The van der Waals surface area contributed by atoms with E-state index in [0.717, 1.165) is 0 Å². The van der Waals surface area contributed by atoms with Crippen LogP contribution in [0.25, 0.3) is 0 Å². The van der Waals surface area contributed by atoms with Gasteiger partial charge in [0.2, 0.25) is 0 Å². The van der Waals surface area contributed by atoms with E-state index in [1.807, 2.05) is 0 Å². The summed E-state index contributed by atoms with van der Waals surface area (Å²) in [7, 11) is 0. The standard InChI is InChI=1S/C7H14O5/c8-3-7(4-9,5-10)12-2-6-1-11-6/h6,8-10H,1-5H2. The molecular formula is C7H14O5. The van der Waals surface area contributed by atoms with Gasteiger partial charge in [0.15, 0.2) is 0 Å². The summed E-state index contributed by atoms with van der Waals surface area (Å²) in [4.78, 5) is 0. The summed E-state index contributed by atoms with van der Waals surface area (Å²) in [6, 6.07) is 0. The van der Waals surface area contributed by atoms with Gasteiger partial charge in [-0.1, -0.05) is 0 Å². The Hall–Kier alpha value is -0.200. The summed E-state index contributed by atoms with van der Waals surface area (Å²) in [5.74, 6) is 0. The van der Waals surface area contributed by atoms with Crippen LogP contribution in [0.3, 0.4) is 0 Å². The van der Waals surface area contributed by atoms with Gasteiger partial charge in [0.25, 0.3) is 0 Å². The molecule has 1 aliphatic heterocycles. The number of epoxide rings is 1. The molecule has 5 nitrogen and oxygen atoms in total. The van der Waals surface area contributed by atoms with Crippen LogP contribution in [-0.2, 0) is 9.47 Å². The Morgan fingerprint density at radius 1 is 1.25 bits per heavy atom. The fourth-order valence-corrected chi connectivity index (χ4v) is 0.721. The Kier molecular flexibility index (Phi) is 3.42. The average Bonchev–Trinajstić information content (AvgIpc) is 2.92. The molecule has 72 valence electrons. The second-order valence-electron chi connectivity index (χ2n) is 2.92. The van der Waals surface area contributed by atoms with Crippen molar-refractivity contribution in [2.45, 2.75) is 11.7 Å². The molecule has 3 N–H and O–H groups in total. The lowest BCUT2D eigenvalue weighted by Gasteiger charge is -2.27. The van der Waals surface area contributed by atoms with Crippen molar-refractivity contribution >= 4 is 0 Å². The molecule has 1 heterocycles. The number of aliphatic hydroxyl groups is 3. The van der Waals surface area contributed by atoms with Gasteiger partial charge in [-0.05, 0) is 0 Å². The zero-order valence-corrected chi connectivity index (χ0v) is 6.77. The van der Waals surface area contributed by atoms with Crippen LogP contribution in [0.4, 0.5) is 0 Å². The van der Waals surface area contributed by atoms with Gasteiger partial charge in [-0.3, -0.25) is 0 Å². The largest absolute Gasteiger partial charge is 0.393 e. The maximum atomic E-state index is 8.82. The molecule has 1 unspecified atom stereocenters. The van der Waals surface area contributed by atoms with Crippen LogP contribution < -0.4 is 0 Å². The Morgan fingerprint density at radius 2 is 1.75 bits per heavy atom. The van der Waals surface area contributed by atoms with Crippen LogP contribution in [0.15, 0.2) is 0 Å². The Balaban J connectivity index is 2.28. The van der Waals surface area contributed by atoms with E-state index in [1.165, 1.54) is 0 Å². The number of aliphatic hydroxyl groups excluding tert-OH is 3. The summed E-state index contributed by atoms with van der Waals surface area (Å²) in [5, 5.41) is 26.5. The minimum Gasteiger partial charge on any atom is -0.393 e. The van der Waals surface area contributed by atoms with E-state index in [2.05, 4.69) is 0 Å². The van der Waals surface area contributed by atoms with Gasteiger partial charge < -0.3 is 24.8 Å². The molecular weight excluding hydrogens is 164 g/mol. The highest BCUT2D eigenvalue weighted by molar-refractivity contribution is 4.80. The van der Waals surface area contributed by atoms with Crippen LogP contribution in [-0.4, -0.2) is 60.1 Å². The third-order valence-corrected chi connectivity index (χ3v) is 1.84. The second kappa shape index (κ2) is 4.15. The zero-order valence-electron chi connectivity index (χ0n) is 6.77. The molecule has 0 aromatic rings. The first-order valence-corrected chi connectivity index (χ1v) is 3.84. The minimum absolute atomic E-state index is 0.0639. The third-order valence-electron chi connectivity index (χ3n) is 1.84. The van der Waals surface area contributed by atoms with Crippen LogP contribution in [0.5, 0.6) is 0 Å². The number of hydrogen-bond acceptors (Lipinski definition) is 5. The molecule has 0 saturated carbocycles. The summed E-state index contributed by atoms with van der Waals surface area (Å²) >= 11 is 0. The molecule has 1 saturated heterocycles. The molecule has 1 aliphatic rings. The van der Waals surface area contributed by atoms with Crippen molar-refractivity contribution in [3.63, 3.8) is 0 Å². The van der Waals surface area contributed by atoms with Crippen LogP contribution >= 0.6 is 0 Å². The fraction of sp³-hybridized carbons (Fsp3) is 1.00. The maximum absolute atomic E-state index is 8.82. The van der Waals surface area contributed by atoms with E-state index in [0.29, 0.717) is 13.2 Å². The zero-order chi connectivity index (χ0) is 9.03. The SMILES string of the molecule is OCC(CO)(CO)OCC1CO1. The van der Waals surface area contributed by atoms with E-state index in [4.69, 9.17) is 24.8 Å². The van der Waals surface area contributed by atoms with E-state index >= 15 is 0 Å². The smallest absolute Gasteiger partial charge is 0.137 e. The fourth-order valence-electron chi connectivity index (χ4n) is 0.721. The monoisotopic (exact) mass is 178 g/mol. The van der Waals surface area contributed by atoms with Gasteiger partial charge >= 0.3 is 0 Å². The van der Waals surface area contributed by atoms with Gasteiger partial charge in [0.05, 0.1) is 33.0 Å². The topological polar surface area (TPSA) is 82.5 Å². The molecule has 1 atom stereocenters. The summed E-state index contributed by atoms with van der Waals surface area (Å²) in [6.45, 7) is -0.230. The lowest BCUT2D eigenvalue weighted by atomic mass is 10.1. The third kappa shape index (κ3) is 2.40.